The zero-order valence-electron chi connectivity index (χ0n) is 23.9. The quantitative estimate of drug-likeness (QED) is 0.401. The summed E-state index contributed by atoms with van der Waals surface area (Å²) >= 11 is 0. The normalized spacial score (nSPS) is 17.3. The molecule has 0 aromatic heterocycles. The van der Waals surface area contributed by atoms with Crippen LogP contribution in [0.15, 0.2) is 36.4 Å². The molecule has 230 valence electrons. The van der Waals surface area contributed by atoms with E-state index in [-0.39, 0.29) is 49.3 Å². The Morgan fingerprint density at radius 1 is 1.21 bits per heavy atom. The smallest absolute Gasteiger partial charge is 0.412 e. The summed E-state index contributed by atoms with van der Waals surface area (Å²) in [6.07, 6.45) is -1.62. The van der Waals surface area contributed by atoms with Crippen LogP contribution < -0.4 is 24.8 Å². The first-order valence-corrected chi connectivity index (χ1v) is 14.5. The summed E-state index contributed by atoms with van der Waals surface area (Å²) in [7, 11) is -4.42. The molecule has 2 aromatic rings. The molecule has 0 unspecified atom stereocenters. The number of carbonyl (C=O) groups is 3. The van der Waals surface area contributed by atoms with Gasteiger partial charge >= 0.3 is 22.4 Å². The zero-order valence-corrected chi connectivity index (χ0v) is 24.7. The maximum Gasteiger partial charge on any atom is 0.412 e. The molecule has 2 heterocycles. The van der Waals surface area contributed by atoms with Gasteiger partial charge in [0.15, 0.2) is 5.82 Å². The molecule has 1 saturated heterocycles. The number of nitrogens with zero attached hydrogens (tertiary/aromatic N) is 3. The van der Waals surface area contributed by atoms with Crippen molar-refractivity contribution < 1.29 is 41.8 Å². The van der Waals surface area contributed by atoms with Crippen molar-refractivity contribution in [2.75, 3.05) is 28.8 Å². The molecule has 0 bridgehead atoms. The monoisotopic (exact) mass is 609 g/mol. The number of halogens is 1. The van der Waals surface area contributed by atoms with Crippen LogP contribution in [-0.2, 0) is 32.8 Å². The van der Waals surface area contributed by atoms with Gasteiger partial charge in [0.2, 0.25) is 0 Å². The lowest BCUT2D eigenvalue weighted by atomic mass is 10.1. The molecule has 3 amide bonds. The molecule has 0 spiro atoms. The number of carbonyl (C=O) groups excluding carboxylic acids is 2. The summed E-state index contributed by atoms with van der Waals surface area (Å²) < 4.78 is 55.5. The number of benzene rings is 2. The molecular weight excluding hydrogens is 573 g/mol. The van der Waals surface area contributed by atoms with Crippen molar-refractivity contribution in [3.8, 4) is 5.75 Å². The molecular formula is C27H36FN5O8S. The van der Waals surface area contributed by atoms with Gasteiger partial charge in [0.25, 0.3) is 5.91 Å². The molecule has 0 saturated carbocycles. The van der Waals surface area contributed by atoms with Crippen LogP contribution in [0.25, 0.3) is 0 Å². The number of hydrogen-bond donors (Lipinski definition) is 3. The molecule has 2 aliphatic rings. The Hall–Kier alpha value is -4.11. The van der Waals surface area contributed by atoms with Crippen LogP contribution in [0.1, 0.15) is 45.2 Å². The summed E-state index contributed by atoms with van der Waals surface area (Å²) in [5.74, 6) is -2.13. The van der Waals surface area contributed by atoms with Gasteiger partial charge in [-0.05, 0) is 32.8 Å². The van der Waals surface area contributed by atoms with Gasteiger partial charge in [-0.15, -0.1) is 0 Å². The average molecular weight is 610 g/mol. The first-order chi connectivity index (χ1) is 19.2. The van der Waals surface area contributed by atoms with E-state index >= 15 is 4.39 Å². The fourth-order valence-corrected chi connectivity index (χ4v) is 5.97. The highest BCUT2D eigenvalue weighted by Crippen LogP contribution is 2.45. The van der Waals surface area contributed by atoms with Gasteiger partial charge in [-0.1, -0.05) is 37.3 Å². The van der Waals surface area contributed by atoms with E-state index in [9.17, 15) is 27.9 Å². The van der Waals surface area contributed by atoms with Crippen molar-refractivity contribution in [2.24, 2.45) is 0 Å². The van der Waals surface area contributed by atoms with Gasteiger partial charge in [0.1, 0.15) is 30.2 Å². The molecule has 5 N–H and O–H groups in total. The van der Waals surface area contributed by atoms with Crippen LogP contribution >= 0.6 is 0 Å². The molecule has 1 atom stereocenters. The third-order valence-electron chi connectivity index (χ3n) is 6.44. The Balaban J connectivity index is 0.00000484. The summed E-state index contributed by atoms with van der Waals surface area (Å²) in [6.45, 7) is 6.41. The lowest BCUT2D eigenvalue weighted by Gasteiger charge is -2.31. The zero-order chi connectivity index (χ0) is 30.1. The largest absolute Gasteiger partial charge is 0.487 e. The first-order valence-electron chi connectivity index (χ1n) is 13.1. The number of fused-ring (bicyclic) bond motifs is 1. The minimum absolute atomic E-state index is 0. The van der Waals surface area contributed by atoms with E-state index in [1.165, 1.54) is 11.0 Å². The first kappa shape index (κ1) is 32.4. The Morgan fingerprint density at radius 3 is 2.43 bits per heavy atom. The highest BCUT2D eigenvalue weighted by molar-refractivity contribution is 7.92. The van der Waals surface area contributed by atoms with Gasteiger partial charge < -0.3 is 25.6 Å². The number of ether oxygens (including phenoxy) is 2. The number of anilines is 2. The summed E-state index contributed by atoms with van der Waals surface area (Å²) in [5.41, 5.74) is -0.703. The third kappa shape index (κ3) is 6.85. The lowest BCUT2D eigenvalue weighted by Crippen LogP contribution is -2.48. The van der Waals surface area contributed by atoms with Crippen LogP contribution in [0, 0.1) is 5.82 Å². The molecule has 42 heavy (non-hydrogen) atoms. The molecule has 0 aliphatic carbocycles. The van der Waals surface area contributed by atoms with Gasteiger partial charge in [-0.3, -0.25) is 9.69 Å². The predicted octanol–water partition coefficient (Wildman–Crippen LogP) is 3.80. The third-order valence-corrected chi connectivity index (χ3v) is 7.81. The molecule has 13 nitrogen and oxygen atoms in total. The Kier molecular flexibility index (Phi) is 9.57. The van der Waals surface area contributed by atoms with E-state index in [2.05, 4.69) is 0 Å². The van der Waals surface area contributed by atoms with E-state index in [0.717, 1.165) is 4.90 Å². The van der Waals surface area contributed by atoms with Crippen LogP contribution in [0.2, 0.25) is 0 Å². The second-order valence-electron chi connectivity index (χ2n) is 10.8. The topological polar surface area (TPSA) is 181 Å². The standard InChI is InChI=1S/C27H33FN4O8S.H3N/c1-5-11-30(26(36)40-27(2,3)4)14-18-12-19-20(32(18)25(34)35)13-21(39-16-17-9-7-6-8-10-17)24(23(19)28)31-15-22(33)29-41(31,37)38;/h6-10,13,18H,5,11-12,14-16H2,1-4H3,(H,29,33)(H,34,35);1H3/t18-;/m1./s1. The molecule has 0 radical (unpaired) electrons. The van der Waals surface area contributed by atoms with Gasteiger partial charge in [-0.2, -0.15) is 8.42 Å². The van der Waals surface area contributed by atoms with E-state index in [4.69, 9.17) is 9.47 Å². The second kappa shape index (κ2) is 12.4. The Labute approximate surface area is 243 Å². The SMILES string of the molecule is CCCN(C[C@H]1Cc2c(cc(OCc3ccccc3)c(N3CC(=O)NS3(=O)=O)c2F)N1C(=O)O)C(=O)OC(C)(C)C.N. The Bertz CT molecular complexity index is 1450. The fraction of sp³-hybridized carbons (Fsp3) is 0.444. The van der Waals surface area contributed by atoms with E-state index < -0.39 is 58.0 Å². The number of amides is 3. The van der Waals surface area contributed by atoms with E-state index in [0.29, 0.717) is 16.3 Å². The minimum Gasteiger partial charge on any atom is -0.487 e. The Morgan fingerprint density at radius 2 is 1.88 bits per heavy atom. The molecule has 4 rings (SSSR count). The van der Waals surface area contributed by atoms with Crippen molar-refractivity contribution in [3.05, 3.63) is 53.3 Å². The van der Waals surface area contributed by atoms with Crippen LogP contribution in [0.4, 0.5) is 25.4 Å². The van der Waals surface area contributed by atoms with E-state index in [1.54, 1.807) is 51.1 Å². The molecule has 2 aliphatic heterocycles. The van der Waals surface area contributed by atoms with Gasteiger partial charge in [0, 0.05) is 31.1 Å². The molecule has 2 aromatic carbocycles. The van der Waals surface area contributed by atoms with E-state index in [1.807, 2.05) is 11.6 Å². The van der Waals surface area contributed by atoms with Crippen LogP contribution in [0.3, 0.4) is 0 Å². The average Bonchev–Trinajstić information content (AvgIpc) is 3.37. The van der Waals surface area contributed by atoms with Crippen molar-refractivity contribution in [2.45, 2.75) is 58.8 Å². The summed E-state index contributed by atoms with van der Waals surface area (Å²) in [6, 6.07) is 9.19. The van der Waals surface area contributed by atoms with Gasteiger partial charge in [0.05, 0.1) is 11.7 Å². The van der Waals surface area contributed by atoms with Crippen molar-refractivity contribution in [3.63, 3.8) is 0 Å². The maximum absolute atomic E-state index is 16.3. The minimum atomic E-state index is -4.42. The lowest BCUT2D eigenvalue weighted by molar-refractivity contribution is -0.117. The second-order valence-corrected chi connectivity index (χ2v) is 12.4. The van der Waals surface area contributed by atoms with Crippen LogP contribution in [0.5, 0.6) is 5.75 Å². The highest BCUT2D eigenvalue weighted by Gasteiger charge is 2.44. The number of hydrogen-bond acceptors (Lipinski definition) is 8. The highest BCUT2D eigenvalue weighted by atomic mass is 32.2. The molecule has 1 fully saturated rings. The maximum atomic E-state index is 16.3. The van der Waals surface area contributed by atoms with Crippen molar-refractivity contribution >= 4 is 39.7 Å². The predicted molar refractivity (Wildman–Crippen MR) is 153 cm³/mol. The number of rotatable bonds is 8. The summed E-state index contributed by atoms with van der Waals surface area (Å²) in [4.78, 5) is 39.7. The summed E-state index contributed by atoms with van der Waals surface area (Å²) in [5, 5.41) is 10.2. The van der Waals surface area contributed by atoms with Gasteiger partial charge in [-0.25, -0.2) is 23.0 Å². The van der Waals surface area contributed by atoms with Crippen molar-refractivity contribution in [1.29, 1.82) is 0 Å². The number of nitrogens with one attached hydrogen (secondary N) is 1. The fourth-order valence-electron chi connectivity index (χ4n) is 4.81. The van der Waals surface area contributed by atoms with Crippen molar-refractivity contribution in [1.82, 2.24) is 15.8 Å². The van der Waals surface area contributed by atoms with Crippen LogP contribution in [-0.4, -0.2) is 67.8 Å². The molecule has 15 heteroatoms. The number of carboxylic acid groups (broad SMARTS) is 1.